The van der Waals surface area contributed by atoms with E-state index in [0.717, 1.165) is 18.4 Å². The van der Waals surface area contributed by atoms with Gasteiger partial charge in [-0.3, -0.25) is 0 Å². The van der Waals surface area contributed by atoms with Crippen molar-refractivity contribution >= 4 is 0 Å². The van der Waals surface area contributed by atoms with E-state index >= 15 is 0 Å². The van der Waals surface area contributed by atoms with Gasteiger partial charge >= 0.3 is 0 Å². The van der Waals surface area contributed by atoms with Crippen LogP contribution in [0.2, 0.25) is 0 Å². The molecule has 15 heavy (non-hydrogen) atoms. The average Bonchev–Trinajstić information content (AvgIpc) is 2.72. The summed E-state index contributed by atoms with van der Waals surface area (Å²) in [6, 6.07) is 11.0. The number of ether oxygens (including phenoxy) is 1. The van der Waals surface area contributed by atoms with E-state index in [9.17, 15) is 0 Å². The smallest absolute Gasteiger partial charge is 0.0502 e. The van der Waals surface area contributed by atoms with Gasteiger partial charge in [0.15, 0.2) is 0 Å². The molecule has 1 aromatic rings. The summed E-state index contributed by atoms with van der Waals surface area (Å²) in [4.78, 5) is 0. The van der Waals surface area contributed by atoms with Gasteiger partial charge in [0, 0.05) is 12.5 Å². The van der Waals surface area contributed by atoms with E-state index in [1.165, 1.54) is 19.3 Å². The normalized spacial score (nSPS) is 37.7. The van der Waals surface area contributed by atoms with Crippen LogP contribution in [0.15, 0.2) is 30.3 Å². The third kappa shape index (κ3) is 1.19. The lowest BCUT2D eigenvalue weighted by Gasteiger charge is -2.15. The maximum absolute atomic E-state index is 5.35. The van der Waals surface area contributed by atoms with E-state index in [-0.39, 0.29) is 0 Å². The summed E-state index contributed by atoms with van der Waals surface area (Å²) in [5.74, 6) is 1.69. The Morgan fingerprint density at radius 1 is 1.33 bits per heavy atom. The highest BCUT2D eigenvalue weighted by Gasteiger charge is 2.66. The lowest BCUT2D eigenvalue weighted by atomic mass is 9.91. The number of benzene rings is 1. The van der Waals surface area contributed by atoms with Crippen molar-refractivity contribution in [2.24, 2.45) is 11.8 Å². The van der Waals surface area contributed by atoms with Gasteiger partial charge in [0.25, 0.3) is 0 Å². The Balaban J connectivity index is 1.91. The minimum absolute atomic E-state index is 0.497. The van der Waals surface area contributed by atoms with E-state index in [1.807, 2.05) is 7.11 Å². The van der Waals surface area contributed by atoms with Crippen LogP contribution in [0, 0.1) is 11.8 Å². The second kappa shape index (κ2) is 3.34. The molecule has 3 atom stereocenters. The molecule has 1 nitrogen and oxygen atoms in total. The molecule has 1 heteroatoms. The second-order valence-electron chi connectivity index (χ2n) is 4.97. The largest absolute Gasteiger partial charge is 0.384 e. The van der Waals surface area contributed by atoms with Crippen LogP contribution in [0.3, 0.4) is 0 Å². The third-order valence-corrected chi connectivity index (χ3v) is 4.46. The summed E-state index contributed by atoms with van der Waals surface area (Å²) in [6.45, 7) is 0.944. The highest BCUT2D eigenvalue weighted by Crippen LogP contribution is 2.68. The first-order chi connectivity index (χ1) is 7.39. The monoisotopic (exact) mass is 202 g/mol. The molecule has 2 aliphatic rings. The molecule has 0 saturated heterocycles. The fourth-order valence-electron chi connectivity index (χ4n) is 3.81. The van der Waals surface area contributed by atoms with E-state index in [2.05, 4.69) is 30.3 Å². The highest BCUT2D eigenvalue weighted by atomic mass is 16.5. The molecule has 2 aliphatic carbocycles. The molecule has 1 aromatic carbocycles. The van der Waals surface area contributed by atoms with Crippen LogP contribution in [0.5, 0.6) is 0 Å². The van der Waals surface area contributed by atoms with Crippen molar-refractivity contribution < 1.29 is 4.74 Å². The number of hydrogen-bond acceptors (Lipinski definition) is 1. The Bertz CT molecular complexity index is 346. The summed E-state index contributed by atoms with van der Waals surface area (Å²) >= 11 is 0. The lowest BCUT2D eigenvalue weighted by Crippen LogP contribution is -2.11. The predicted molar refractivity (Wildman–Crippen MR) is 60.8 cm³/mol. The Morgan fingerprint density at radius 3 is 2.87 bits per heavy atom. The van der Waals surface area contributed by atoms with Crippen LogP contribution < -0.4 is 0 Å². The molecule has 0 aliphatic heterocycles. The van der Waals surface area contributed by atoms with Crippen LogP contribution in [0.1, 0.15) is 24.8 Å². The maximum atomic E-state index is 5.35. The zero-order valence-corrected chi connectivity index (χ0v) is 9.28. The minimum atomic E-state index is 0.497. The van der Waals surface area contributed by atoms with Gasteiger partial charge in [-0.25, -0.2) is 0 Å². The molecule has 0 radical (unpaired) electrons. The standard InChI is InChI=1S/C14H18O/c1-15-10-13-12-8-5-9-14(12,13)11-6-3-2-4-7-11/h2-4,6-7,12-13H,5,8-10H2,1H3/t12-,13?,14+/m0/s1. The van der Waals surface area contributed by atoms with Crippen molar-refractivity contribution in [3.05, 3.63) is 35.9 Å². The summed E-state index contributed by atoms with van der Waals surface area (Å²) in [5.41, 5.74) is 2.05. The van der Waals surface area contributed by atoms with Gasteiger partial charge in [-0.1, -0.05) is 36.8 Å². The van der Waals surface area contributed by atoms with Crippen LogP contribution >= 0.6 is 0 Å². The molecule has 80 valence electrons. The molecular formula is C14H18O. The van der Waals surface area contributed by atoms with E-state index in [0.29, 0.717) is 5.41 Å². The van der Waals surface area contributed by atoms with E-state index < -0.39 is 0 Å². The molecule has 0 amide bonds. The van der Waals surface area contributed by atoms with Crippen molar-refractivity contribution in [2.75, 3.05) is 13.7 Å². The molecule has 0 spiro atoms. The molecule has 1 unspecified atom stereocenters. The van der Waals surface area contributed by atoms with Gasteiger partial charge in [-0.05, 0) is 30.2 Å². The molecule has 3 rings (SSSR count). The predicted octanol–water partition coefficient (Wildman–Crippen LogP) is 3.00. The first kappa shape index (κ1) is 9.41. The molecule has 2 saturated carbocycles. The van der Waals surface area contributed by atoms with E-state index in [1.54, 1.807) is 5.56 Å². The number of rotatable bonds is 3. The van der Waals surface area contributed by atoms with Gasteiger partial charge in [-0.15, -0.1) is 0 Å². The average molecular weight is 202 g/mol. The highest BCUT2D eigenvalue weighted by molar-refractivity contribution is 5.38. The Kier molecular flexibility index (Phi) is 2.10. The number of hydrogen-bond donors (Lipinski definition) is 0. The molecule has 2 fully saturated rings. The second-order valence-corrected chi connectivity index (χ2v) is 4.97. The first-order valence-corrected chi connectivity index (χ1v) is 5.94. The SMILES string of the molecule is COCC1[C@@H]2CCC[C@]12c1ccccc1. The van der Waals surface area contributed by atoms with Crippen molar-refractivity contribution in [1.29, 1.82) is 0 Å². The molecule has 0 N–H and O–H groups in total. The van der Waals surface area contributed by atoms with Gasteiger partial charge < -0.3 is 4.74 Å². The summed E-state index contributed by atoms with van der Waals surface area (Å²) in [7, 11) is 1.83. The fraction of sp³-hybridized carbons (Fsp3) is 0.571. The van der Waals surface area contributed by atoms with Gasteiger partial charge in [0.05, 0.1) is 6.61 Å². The summed E-state index contributed by atoms with van der Waals surface area (Å²) in [5, 5.41) is 0. The number of fused-ring (bicyclic) bond motifs is 1. The van der Waals surface area contributed by atoms with Crippen molar-refractivity contribution in [2.45, 2.75) is 24.7 Å². The number of methoxy groups -OCH3 is 1. The third-order valence-electron chi connectivity index (χ3n) is 4.46. The van der Waals surface area contributed by atoms with Crippen molar-refractivity contribution in [1.82, 2.24) is 0 Å². The van der Waals surface area contributed by atoms with Crippen LogP contribution in [-0.2, 0) is 10.2 Å². The molecule has 0 heterocycles. The minimum Gasteiger partial charge on any atom is -0.384 e. The van der Waals surface area contributed by atoms with Gasteiger partial charge in [0.1, 0.15) is 0 Å². The van der Waals surface area contributed by atoms with Crippen LogP contribution in [-0.4, -0.2) is 13.7 Å². The van der Waals surface area contributed by atoms with Crippen molar-refractivity contribution in [3.63, 3.8) is 0 Å². The first-order valence-electron chi connectivity index (χ1n) is 5.94. The zero-order chi connectivity index (χ0) is 10.3. The maximum Gasteiger partial charge on any atom is 0.0502 e. The molecule has 0 bridgehead atoms. The summed E-state index contributed by atoms with van der Waals surface area (Å²) < 4.78 is 5.35. The van der Waals surface area contributed by atoms with E-state index in [4.69, 9.17) is 4.74 Å². The van der Waals surface area contributed by atoms with Gasteiger partial charge in [-0.2, -0.15) is 0 Å². The quantitative estimate of drug-likeness (QED) is 0.732. The van der Waals surface area contributed by atoms with Gasteiger partial charge in [0.2, 0.25) is 0 Å². The lowest BCUT2D eigenvalue weighted by molar-refractivity contribution is 0.171. The van der Waals surface area contributed by atoms with Crippen molar-refractivity contribution in [3.8, 4) is 0 Å². The Labute approximate surface area is 91.5 Å². The van der Waals surface area contributed by atoms with Crippen LogP contribution in [0.4, 0.5) is 0 Å². The summed E-state index contributed by atoms with van der Waals surface area (Å²) in [6.07, 6.45) is 4.18. The Morgan fingerprint density at radius 2 is 2.13 bits per heavy atom. The zero-order valence-electron chi connectivity index (χ0n) is 9.28. The van der Waals surface area contributed by atoms with Crippen LogP contribution in [0.25, 0.3) is 0 Å². The topological polar surface area (TPSA) is 9.23 Å². The fourth-order valence-corrected chi connectivity index (χ4v) is 3.81. The Hall–Kier alpha value is -0.820. The molecule has 0 aromatic heterocycles. The molecular weight excluding hydrogens is 184 g/mol.